The van der Waals surface area contributed by atoms with Crippen molar-refractivity contribution in [2.24, 2.45) is 0 Å². The van der Waals surface area contributed by atoms with E-state index in [4.69, 9.17) is 9.84 Å². The largest absolute Gasteiger partial charge is 0.494 e. The van der Waals surface area contributed by atoms with Crippen LogP contribution in [0.4, 0.5) is 0 Å². The third-order valence-electron chi connectivity index (χ3n) is 4.92. The van der Waals surface area contributed by atoms with Gasteiger partial charge in [-0.05, 0) is 57.4 Å². The highest BCUT2D eigenvalue weighted by atomic mass is 16.5. The number of hydrogen-bond donors (Lipinski definition) is 1. The Morgan fingerprint density at radius 2 is 1.96 bits per heavy atom. The van der Waals surface area contributed by atoms with E-state index in [-0.39, 0.29) is 18.5 Å². The highest BCUT2D eigenvalue weighted by Crippen LogP contribution is 2.18. The summed E-state index contributed by atoms with van der Waals surface area (Å²) in [4.78, 5) is 27.2. The number of carboxylic acids is 1. The number of likely N-dealkylation sites (N-methyl/N-ethyl adjacent to an activating group) is 1. The first-order valence-electron chi connectivity index (χ1n) is 9.41. The predicted octanol–water partition coefficient (Wildman–Crippen LogP) is 2.42. The van der Waals surface area contributed by atoms with Crippen LogP contribution in [0, 0.1) is 0 Å². The molecule has 6 nitrogen and oxygen atoms in total. The van der Waals surface area contributed by atoms with Crippen molar-refractivity contribution in [1.29, 1.82) is 0 Å². The van der Waals surface area contributed by atoms with Crippen LogP contribution in [0.25, 0.3) is 0 Å². The lowest BCUT2D eigenvalue weighted by Crippen LogP contribution is -2.37. The Morgan fingerprint density at radius 1 is 1.23 bits per heavy atom. The number of benzene rings is 1. The smallest absolute Gasteiger partial charge is 0.317 e. The number of nitrogens with zero attached hydrogens (tertiary/aromatic N) is 2. The van der Waals surface area contributed by atoms with Crippen LogP contribution in [-0.2, 0) is 16.0 Å². The molecular formula is C20H30N2O4. The van der Waals surface area contributed by atoms with Gasteiger partial charge in [0.25, 0.3) is 0 Å². The van der Waals surface area contributed by atoms with Crippen LogP contribution in [0.5, 0.6) is 5.75 Å². The van der Waals surface area contributed by atoms with Crippen LogP contribution in [-0.4, -0.2) is 66.1 Å². The van der Waals surface area contributed by atoms with Crippen LogP contribution in [0.1, 0.15) is 38.2 Å². The van der Waals surface area contributed by atoms with Crippen molar-refractivity contribution < 1.29 is 19.4 Å². The summed E-state index contributed by atoms with van der Waals surface area (Å²) in [6, 6.07) is 8.14. The molecule has 0 spiro atoms. The number of carbonyl (C=O) groups excluding carboxylic acids is 1. The zero-order valence-electron chi connectivity index (χ0n) is 15.8. The molecule has 6 heteroatoms. The molecule has 0 aromatic heterocycles. The van der Waals surface area contributed by atoms with Gasteiger partial charge in [-0.15, -0.1) is 0 Å². The van der Waals surface area contributed by atoms with Gasteiger partial charge in [-0.1, -0.05) is 12.1 Å². The molecule has 0 saturated carbocycles. The number of likely N-dealkylation sites (tertiary alicyclic amines) is 1. The van der Waals surface area contributed by atoms with Crippen molar-refractivity contribution in [2.45, 2.75) is 45.1 Å². The van der Waals surface area contributed by atoms with E-state index in [1.54, 1.807) is 0 Å². The number of aliphatic carboxylic acids is 1. The van der Waals surface area contributed by atoms with Crippen LogP contribution in [0.15, 0.2) is 24.3 Å². The summed E-state index contributed by atoms with van der Waals surface area (Å²) in [5.41, 5.74) is 1.13. The standard InChI is InChI=1S/C20H30N2O4/c1-3-26-18-9-6-16(7-10-18)8-11-19(23)22-13-4-5-17(12-14-22)21(2)15-20(24)25/h6-7,9-10,17H,3-5,8,11-15H2,1-2H3,(H,24,25). The Balaban J connectivity index is 1.79. The Kier molecular flexibility index (Phi) is 7.91. The minimum atomic E-state index is -0.806. The monoisotopic (exact) mass is 362 g/mol. The van der Waals surface area contributed by atoms with E-state index in [0.717, 1.165) is 43.5 Å². The molecule has 1 unspecified atom stereocenters. The highest BCUT2D eigenvalue weighted by Gasteiger charge is 2.23. The van der Waals surface area contributed by atoms with Gasteiger partial charge in [0.05, 0.1) is 13.2 Å². The minimum Gasteiger partial charge on any atom is -0.494 e. The second kappa shape index (κ2) is 10.2. The third-order valence-corrected chi connectivity index (χ3v) is 4.92. The SMILES string of the molecule is CCOc1ccc(CCC(=O)N2CCCC(N(C)CC(=O)O)CC2)cc1. The maximum atomic E-state index is 12.5. The quantitative estimate of drug-likeness (QED) is 0.769. The van der Waals surface area contributed by atoms with Crippen molar-refractivity contribution in [1.82, 2.24) is 9.80 Å². The first kappa shape index (κ1) is 20.2. The van der Waals surface area contributed by atoms with Gasteiger partial charge < -0.3 is 14.7 Å². The average molecular weight is 362 g/mol. The molecule has 1 aromatic rings. The van der Waals surface area contributed by atoms with Gasteiger partial charge in [0.2, 0.25) is 5.91 Å². The molecule has 2 rings (SSSR count). The van der Waals surface area contributed by atoms with E-state index >= 15 is 0 Å². The molecule has 1 aliphatic heterocycles. The predicted molar refractivity (Wildman–Crippen MR) is 100 cm³/mol. The summed E-state index contributed by atoms with van der Waals surface area (Å²) in [5.74, 6) is 0.229. The Bertz CT molecular complexity index is 588. The maximum Gasteiger partial charge on any atom is 0.317 e. The van der Waals surface area contributed by atoms with Crippen molar-refractivity contribution in [2.75, 3.05) is 33.3 Å². The first-order valence-corrected chi connectivity index (χ1v) is 9.41. The topological polar surface area (TPSA) is 70.1 Å². The normalized spacial score (nSPS) is 17.8. The van der Waals surface area contributed by atoms with Crippen molar-refractivity contribution in [3.8, 4) is 5.75 Å². The third kappa shape index (κ3) is 6.33. The number of carbonyl (C=O) groups is 2. The van der Waals surface area contributed by atoms with Gasteiger partial charge in [0.15, 0.2) is 0 Å². The van der Waals surface area contributed by atoms with E-state index in [2.05, 4.69) is 0 Å². The fraction of sp³-hybridized carbons (Fsp3) is 0.600. The molecule has 0 aliphatic carbocycles. The Morgan fingerprint density at radius 3 is 2.62 bits per heavy atom. The summed E-state index contributed by atoms with van der Waals surface area (Å²) in [6.45, 7) is 4.12. The van der Waals surface area contributed by atoms with Gasteiger partial charge in [-0.3, -0.25) is 14.5 Å². The van der Waals surface area contributed by atoms with Crippen LogP contribution in [0.3, 0.4) is 0 Å². The van der Waals surface area contributed by atoms with Gasteiger partial charge in [-0.2, -0.15) is 0 Å². The number of ether oxygens (including phenoxy) is 1. The molecule has 1 saturated heterocycles. The summed E-state index contributed by atoms with van der Waals surface area (Å²) in [6.07, 6.45) is 3.92. The zero-order chi connectivity index (χ0) is 18.9. The van der Waals surface area contributed by atoms with Crippen molar-refractivity contribution in [3.05, 3.63) is 29.8 Å². The maximum absolute atomic E-state index is 12.5. The molecule has 144 valence electrons. The summed E-state index contributed by atoms with van der Waals surface area (Å²) < 4.78 is 5.43. The molecule has 1 fully saturated rings. The number of rotatable bonds is 8. The number of carboxylic acid groups (broad SMARTS) is 1. The average Bonchev–Trinajstić information content (AvgIpc) is 2.87. The van der Waals surface area contributed by atoms with Crippen LogP contribution < -0.4 is 4.74 Å². The second-order valence-electron chi connectivity index (χ2n) is 6.85. The van der Waals surface area contributed by atoms with Crippen LogP contribution >= 0.6 is 0 Å². The molecule has 1 aromatic carbocycles. The lowest BCUT2D eigenvalue weighted by Gasteiger charge is -2.25. The van der Waals surface area contributed by atoms with Crippen LogP contribution in [0.2, 0.25) is 0 Å². The highest BCUT2D eigenvalue weighted by molar-refractivity contribution is 5.76. The lowest BCUT2D eigenvalue weighted by atomic mass is 10.1. The van der Waals surface area contributed by atoms with E-state index in [0.29, 0.717) is 19.6 Å². The summed E-state index contributed by atoms with van der Waals surface area (Å²) in [7, 11) is 1.85. The van der Waals surface area contributed by atoms with Gasteiger partial charge in [-0.25, -0.2) is 0 Å². The number of aryl methyl sites for hydroxylation is 1. The van der Waals surface area contributed by atoms with E-state index in [9.17, 15) is 9.59 Å². The Labute approximate surface area is 155 Å². The number of hydrogen-bond acceptors (Lipinski definition) is 4. The van der Waals surface area contributed by atoms with Crippen molar-refractivity contribution >= 4 is 11.9 Å². The van der Waals surface area contributed by atoms with Crippen molar-refractivity contribution in [3.63, 3.8) is 0 Å². The minimum absolute atomic E-state index is 0.0519. The molecule has 0 bridgehead atoms. The fourth-order valence-electron chi connectivity index (χ4n) is 3.44. The molecule has 1 heterocycles. The molecule has 1 N–H and O–H groups in total. The summed E-state index contributed by atoms with van der Waals surface area (Å²) >= 11 is 0. The van der Waals surface area contributed by atoms with Gasteiger partial charge in [0, 0.05) is 25.6 Å². The van der Waals surface area contributed by atoms with Gasteiger partial charge in [0.1, 0.15) is 5.75 Å². The second-order valence-corrected chi connectivity index (χ2v) is 6.85. The zero-order valence-corrected chi connectivity index (χ0v) is 15.8. The lowest BCUT2D eigenvalue weighted by molar-refractivity contribution is -0.138. The molecule has 1 amide bonds. The fourth-order valence-corrected chi connectivity index (χ4v) is 3.44. The summed E-state index contributed by atoms with van der Waals surface area (Å²) in [5, 5.41) is 8.94. The molecule has 26 heavy (non-hydrogen) atoms. The first-order chi connectivity index (χ1) is 12.5. The van der Waals surface area contributed by atoms with Gasteiger partial charge >= 0.3 is 5.97 Å². The van der Waals surface area contributed by atoms with E-state index in [1.165, 1.54) is 0 Å². The van der Waals surface area contributed by atoms with E-state index < -0.39 is 5.97 Å². The molecule has 1 aliphatic rings. The Hall–Kier alpha value is -2.08. The number of amides is 1. The molecular weight excluding hydrogens is 332 g/mol. The molecule has 1 atom stereocenters. The molecule has 0 radical (unpaired) electrons. The van der Waals surface area contributed by atoms with E-state index in [1.807, 2.05) is 48.0 Å².